The van der Waals surface area contributed by atoms with Gasteiger partial charge in [0.2, 0.25) is 0 Å². The van der Waals surface area contributed by atoms with Crippen molar-refractivity contribution in [2.45, 2.75) is 13.5 Å². The summed E-state index contributed by atoms with van der Waals surface area (Å²) in [5.41, 5.74) is 0.851. The summed E-state index contributed by atoms with van der Waals surface area (Å²) in [5.74, 6) is 1.45. The van der Waals surface area contributed by atoms with E-state index < -0.39 is 0 Å². The lowest BCUT2D eigenvalue weighted by molar-refractivity contribution is 0.181. The van der Waals surface area contributed by atoms with Gasteiger partial charge in [-0.15, -0.1) is 11.3 Å². The molecular weight excluding hydrogens is 236 g/mol. The van der Waals surface area contributed by atoms with E-state index in [9.17, 15) is 0 Å². The number of rotatable bonds is 5. The Labute approximate surface area is 104 Å². The van der Waals surface area contributed by atoms with Gasteiger partial charge in [-0.25, -0.2) is 15.0 Å². The Balaban J connectivity index is 2.37. The Morgan fingerprint density at radius 3 is 2.94 bits per heavy atom. The quantitative estimate of drug-likeness (QED) is 0.881. The second kappa shape index (κ2) is 5.70. The Hall–Kier alpha value is -1.53. The van der Waals surface area contributed by atoms with Crippen molar-refractivity contribution < 1.29 is 4.74 Å². The van der Waals surface area contributed by atoms with Gasteiger partial charge >= 0.3 is 0 Å². The van der Waals surface area contributed by atoms with Crippen LogP contribution in [0.1, 0.15) is 12.6 Å². The van der Waals surface area contributed by atoms with Gasteiger partial charge < -0.3 is 10.1 Å². The molecule has 0 aliphatic rings. The van der Waals surface area contributed by atoms with Gasteiger partial charge in [0.05, 0.1) is 12.3 Å². The first-order chi connectivity index (χ1) is 8.33. The van der Waals surface area contributed by atoms with Crippen LogP contribution in [0.4, 0.5) is 5.82 Å². The molecule has 0 aliphatic carbocycles. The average Bonchev–Trinajstić information content (AvgIpc) is 2.83. The molecule has 0 unspecified atom stereocenters. The lowest BCUT2D eigenvalue weighted by atomic mass is 10.4. The number of thiazole rings is 1. The summed E-state index contributed by atoms with van der Waals surface area (Å²) >= 11 is 1.52. The molecule has 0 aromatic carbocycles. The second-order valence-corrected chi connectivity index (χ2v) is 4.26. The Kier molecular flexibility index (Phi) is 4.00. The molecule has 1 N–H and O–H groups in total. The highest BCUT2D eigenvalue weighted by Crippen LogP contribution is 2.20. The molecule has 2 rings (SSSR count). The molecule has 2 heterocycles. The Morgan fingerprint density at radius 1 is 1.41 bits per heavy atom. The van der Waals surface area contributed by atoms with E-state index in [0.717, 1.165) is 23.1 Å². The molecule has 0 atom stereocenters. The average molecular weight is 250 g/mol. The molecule has 6 heteroatoms. The molecule has 2 aromatic rings. The smallest absolute Gasteiger partial charge is 0.191 e. The van der Waals surface area contributed by atoms with Crippen LogP contribution < -0.4 is 5.32 Å². The van der Waals surface area contributed by atoms with E-state index in [-0.39, 0.29) is 0 Å². The topological polar surface area (TPSA) is 59.9 Å². The highest BCUT2D eigenvalue weighted by atomic mass is 32.1. The lowest BCUT2D eigenvalue weighted by Crippen LogP contribution is -2.04. The Bertz CT molecular complexity index is 448. The van der Waals surface area contributed by atoms with Gasteiger partial charge in [-0.1, -0.05) is 0 Å². The molecule has 2 aromatic heterocycles. The summed E-state index contributed by atoms with van der Waals surface area (Å²) in [4.78, 5) is 13.1. The van der Waals surface area contributed by atoms with Gasteiger partial charge in [-0.3, -0.25) is 0 Å². The maximum atomic E-state index is 5.10. The summed E-state index contributed by atoms with van der Waals surface area (Å²) in [6.07, 6.45) is 1.75. The number of aromatic nitrogens is 3. The molecule has 0 saturated heterocycles. The van der Waals surface area contributed by atoms with Crippen LogP contribution in [0.25, 0.3) is 10.8 Å². The van der Waals surface area contributed by atoms with Crippen molar-refractivity contribution in [3.63, 3.8) is 0 Å². The van der Waals surface area contributed by atoms with Crippen molar-refractivity contribution in [1.29, 1.82) is 0 Å². The normalized spacial score (nSPS) is 10.5. The van der Waals surface area contributed by atoms with E-state index in [1.807, 2.05) is 18.4 Å². The molecule has 0 fully saturated rings. The minimum Gasteiger partial charge on any atom is -0.378 e. The van der Waals surface area contributed by atoms with E-state index >= 15 is 0 Å². The van der Waals surface area contributed by atoms with Crippen LogP contribution in [0.3, 0.4) is 0 Å². The number of nitrogens with one attached hydrogen (secondary N) is 1. The van der Waals surface area contributed by atoms with Gasteiger partial charge in [-0.05, 0) is 6.92 Å². The summed E-state index contributed by atoms with van der Waals surface area (Å²) < 4.78 is 5.10. The third kappa shape index (κ3) is 2.98. The van der Waals surface area contributed by atoms with Crippen molar-refractivity contribution in [3.8, 4) is 10.8 Å². The zero-order chi connectivity index (χ0) is 12.1. The van der Waals surface area contributed by atoms with Gasteiger partial charge in [0.1, 0.15) is 5.82 Å². The van der Waals surface area contributed by atoms with Crippen LogP contribution in [0.5, 0.6) is 0 Å². The molecule has 17 heavy (non-hydrogen) atoms. The predicted octanol–water partition coefficient (Wildman–Crippen LogP) is 2.18. The van der Waals surface area contributed by atoms with Gasteiger partial charge in [0, 0.05) is 31.3 Å². The fourth-order valence-electron chi connectivity index (χ4n) is 1.42. The summed E-state index contributed by atoms with van der Waals surface area (Å²) in [7, 11) is 1.65. The molecule has 0 saturated carbocycles. The van der Waals surface area contributed by atoms with Crippen molar-refractivity contribution in [1.82, 2.24) is 15.0 Å². The highest BCUT2D eigenvalue weighted by Gasteiger charge is 2.08. The first kappa shape index (κ1) is 11.9. The molecule has 5 nitrogen and oxygen atoms in total. The fourth-order valence-corrected chi connectivity index (χ4v) is 1.99. The number of nitrogens with zero attached hydrogens (tertiary/aromatic N) is 3. The second-order valence-electron chi connectivity index (χ2n) is 3.37. The van der Waals surface area contributed by atoms with E-state index in [4.69, 9.17) is 4.74 Å². The maximum absolute atomic E-state index is 5.10. The summed E-state index contributed by atoms with van der Waals surface area (Å²) in [5, 5.41) is 5.91. The van der Waals surface area contributed by atoms with E-state index in [1.54, 1.807) is 13.3 Å². The number of anilines is 1. The first-order valence-corrected chi connectivity index (χ1v) is 6.22. The highest BCUT2D eigenvalue weighted by molar-refractivity contribution is 7.13. The van der Waals surface area contributed by atoms with Gasteiger partial charge in [0.15, 0.2) is 10.8 Å². The number of methoxy groups -OCH3 is 1. The molecule has 0 aliphatic heterocycles. The zero-order valence-corrected chi connectivity index (χ0v) is 10.6. The maximum Gasteiger partial charge on any atom is 0.191 e. The van der Waals surface area contributed by atoms with Crippen LogP contribution in [0, 0.1) is 0 Å². The number of hydrogen-bond acceptors (Lipinski definition) is 6. The first-order valence-electron chi connectivity index (χ1n) is 5.34. The predicted molar refractivity (Wildman–Crippen MR) is 68.0 cm³/mol. The lowest BCUT2D eigenvalue weighted by Gasteiger charge is -2.06. The summed E-state index contributed by atoms with van der Waals surface area (Å²) in [6.45, 7) is 3.32. The minimum absolute atomic E-state index is 0.472. The molecule has 0 spiro atoms. The van der Waals surface area contributed by atoms with Crippen LogP contribution in [-0.2, 0) is 11.3 Å². The van der Waals surface area contributed by atoms with Crippen LogP contribution >= 0.6 is 11.3 Å². The van der Waals surface area contributed by atoms with Gasteiger partial charge in [0.25, 0.3) is 0 Å². The van der Waals surface area contributed by atoms with Gasteiger partial charge in [-0.2, -0.15) is 0 Å². The summed E-state index contributed by atoms with van der Waals surface area (Å²) in [6, 6.07) is 1.89. The van der Waals surface area contributed by atoms with Crippen molar-refractivity contribution in [2.24, 2.45) is 0 Å². The van der Waals surface area contributed by atoms with Crippen molar-refractivity contribution in [2.75, 3.05) is 19.0 Å². The zero-order valence-electron chi connectivity index (χ0n) is 9.80. The van der Waals surface area contributed by atoms with E-state index in [0.29, 0.717) is 12.4 Å². The molecular formula is C11H14N4OS. The molecule has 0 bridgehead atoms. The van der Waals surface area contributed by atoms with Crippen molar-refractivity contribution in [3.05, 3.63) is 23.3 Å². The third-order valence-corrected chi connectivity index (χ3v) is 2.82. The molecule has 90 valence electrons. The van der Waals surface area contributed by atoms with Crippen LogP contribution in [0.15, 0.2) is 17.6 Å². The van der Waals surface area contributed by atoms with Crippen LogP contribution in [0.2, 0.25) is 0 Å². The molecule has 0 radical (unpaired) electrons. The Morgan fingerprint density at radius 2 is 2.29 bits per heavy atom. The monoisotopic (exact) mass is 250 g/mol. The standard InChI is InChI=1S/C11H14N4OS/c1-3-12-9-6-8(7-16-2)14-10(15-9)11-13-4-5-17-11/h4-6H,3,7H2,1-2H3,(H,12,14,15). The van der Waals surface area contributed by atoms with E-state index in [2.05, 4.69) is 20.3 Å². The number of ether oxygens (including phenoxy) is 1. The SMILES string of the molecule is CCNc1cc(COC)nc(-c2nccs2)n1. The largest absolute Gasteiger partial charge is 0.378 e. The number of hydrogen-bond donors (Lipinski definition) is 1. The third-order valence-electron chi connectivity index (χ3n) is 2.05. The molecule has 0 amide bonds. The van der Waals surface area contributed by atoms with Crippen molar-refractivity contribution >= 4 is 17.2 Å². The van der Waals surface area contributed by atoms with Crippen LogP contribution in [-0.4, -0.2) is 28.6 Å². The van der Waals surface area contributed by atoms with E-state index in [1.165, 1.54) is 11.3 Å². The minimum atomic E-state index is 0.472. The fraction of sp³-hybridized carbons (Fsp3) is 0.364.